The van der Waals surface area contributed by atoms with E-state index in [1.54, 1.807) is 19.1 Å². The topological polar surface area (TPSA) is 90.7 Å². The Morgan fingerprint density at radius 1 is 1.50 bits per heavy atom. The van der Waals surface area contributed by atoms with Crippen LogP contribution in [-0.2, 0) is 9.53 Å². The van der Waals surface area contributed by atoms with Crippen LogP contribution < -0.4 is 10.1 Å². The highest BCUT2D eigenvalue weighted by Gasteiger charge is 2.32. The van der Waals surface area contributed by atoms with Crippen molar-refractivity contribution >= 4 is 11.7 Å². The number of ether oxygens (including phenoxy) is 2. The molecule has 1 aromatic rings. The summed E-state index contributed by atoms with van der Waals surface area (Å²) in [5.74, 6) is -0.132. The lowest BCUT2D eigenvalue weighted by Crippen LogP contribution is -2.31. The molecule has 0 bridgehead atoms. The van der Waals surface area contributed by atoms with Crippen molar-refractivity contribution in [3.05, 3.63) is 33.9 Å². The third kappa shape index (κ3) is 3.05. The maximum Gasteiger partial charge on any atom is 0.323 e. The lowest BCUT2D eigenvalue weighted by molar-refractivity contribution is -0.386. The van der Waals surface area contributed by atoms with Gasteiger partial charge in [0.1, 0.15) is 12.1 Å². The summed E-state index contributed by atoms with van der Waals surface area (Å²) < 4.78 is 10.3. The number of nitro benzene ring substituents is 1. The molecule has 1 aliphatic rings. The van der Waals surface area contributed by atoms with Crippen molar-refractivity contribution in [2.45, 2.75) is 25.5 Å². The van der Waals surface area contributed by atoms with Crippen molar-refractivity contribution < 1.29 is 19.2 Å². The quantitative estimate of drug-likeness (QED) is 0.506. The summed E-state index contributed by atoms with van der Waals surface area (Å²) in [6.45, 7) is 2.23. The number of hydrogen-bond donors (Lipinski definition) is 1. The molecule has 0 saturated carbocycles. The number of carbonyl (C=O) groups is 1. The summed E-state index contributed by atoms with van der Waals surface area (Å²) in [6, 6.07) is 4.38. The van der Waals surface area contributed by atoms with Crippen molar-refractivity contribution in [1.29, 1.82) is 0 Å². The van der Waals surface area contributed by atoms with E-state index >= 15 is 0 Å². The third-order valence-corrected chi connectivity index (χ3v) is 3.18. The Balaban J connectivity index is 2.08. The Morgan fingerprint density at radius 2 is 2.25 bits per heavy atom. The van der Waals surface area contributed by atoms with E-state index < -0.39 is 11.0 Å². The van der Waals surface area contributed by atoms with Gasteiger partial charge in [0.15, 0.2) is 5.75 Å². The van der Waals surface area contributed by atoms with Crippen LogP contribution >= 0.6 is 0 Å². The summed E-state index contributed by atoms with van der Waals surface area (Å²) in [6.07, 6.45) is 0.137. The fraction of sp³-hybridized carbons (Fsp3) is 0.462. The molecule has 2 unspecified atom stereocenters. The number of benzene rings is 1. The fourth-order valence-corrected chi connectivity index (χ4v) is 2.16. The Labute approximate surface area is 116 Å². The van der Waals surface area contributed by atoms with Gasteiger partial charge in [-0.15, -0.1) is 0 Å². The molecular weight excluding hydrogens is 264 g/mol. The molecule has 7 heteroatoms. The first-order valence-corrected chi connectivity index (χ1v) is 6.24. The summed E-state index contributed by atoms with van der Waals surface area (Å²) in [7, 11) is 1.32. The average molecular weight is 280 g/mol. The van der Waals surface area contributed by atoms with E-state index in [1.165, 1.54) is 13.2 Å². The van der Waals surface area contributed by atoms with E-state index in [-0.39, 0.29) is 23.5 Å². The Kier molecular flexibility index (Phi) is 4.19. The number of esters is 1. The highest BCUT2D eigenvalue weighted by Crippen LogP contribution is 2.29. The molecule has 20 heavy (non-hydrogen) atoms. The van der Waals surface area contributed by atoms with Gasteiger partial charge in [-0.1, -0.05) is 6.07 Å². The van der Waals surface area contributed by atoms with Gasteiger partial charge in [-0.3, -0.25) is 14.9 Å². The minimum Gasteiger partial charge on any atom is -0.482 e. The van der Waals surface area contributed by atoms with Gasteiger partial charge in [-0.25, -0.2) is 0 Å². The van der Waals surface area contributed by atoms with E-state index in [0.29, 0.717) is 13.0 Å². The molecule has 1 aliphatic heterocycles. The van der Waals surface area contributed by atoms with Gasteiger partial charge in [0.2, 0.25) is 0 Å². The van der Waals surface area contributed by atoms with Gasteiger partial charge in [-0.2, -0.15) is 0 Å². The van der Waals surface area contributed by atoms with Gasteiger partial charge in [0.05, 0.1) is 12.0 Å². The molecule has 2 rings (SSSR count). The van der Waals surface area contributed by atoms with Gasteiger partial charge < -0.3 is 14.8 Å². The minimum absolute atomic E-state index is 0.0634. The van der Waals surface area contributed by atoms with Gasteiger partial charge >= 0.3 is 11.7 Å². The number of methoxy groups -OCH3 is 1. The lowest BCUT2D eigenvalue weighted by atomic mass is 10.2. The number of rotatable bonds is 4. The second-order valence-electron chi connectivity index (χ2n) is 4.69. The molecule has 1 heterocycles. The number of nitrogens with zero attached hydrogens (tertiary/aromatic N) is 1. The molecule has 1 N–H and O–H groups in total. The first-order chi connectivity index (χ1) is 9.51. The summed E-state index contributed by atoms with van der Waals surface area (Å²) in [4.78, 5) is 21.9. The van der Waals surface area contributed by atoms with Crippen molar-refractivity contribution in [2.24, 2.45) is 0 Å². The normalized spacial score (nSPS) is 21.5. The summed E-state index contributed by atoms with van der Waals surface area (Å²) in [5.41, 5.74) is 0.729. The standard InChI is InChI=1S/C13H16N2O5/c1-8-3-4-12(11(5-8)15(17)18)20-9-6-10(14-7-9)13(16)19-2/h3-5,9-10,14H,6-7H2,1-2H3. The predicted octanol–water partition coefficient (Wildman–Crippen LogP) is 1.19. The molecule has 7 nitrogen and oxygen atoms in total. The number of nitro groups is 1. The SMILES string of the molecule is COC(=O)C1CC(Oc2ccc(C)cc2[N+](=O)[O-])CN1. The molecule has 0 radical (unpaired) electrons. The van der Waals surface area contributed by atoms with Crippen molar-refractivity contribution in [3.8, 4) is 5.75 Å². The van der Waals surface area contributed by atoms with Crippen LogP contribution in [0.3, 0.4) is 0 Å². The zero-order chi connectivity index (χ0) is 14.7. The van der Waals surface area contributed by atoms with Crippen LogP contribution in [0.2, 0.25) is 0 Å². The third-order valence-electron chi connectivity index (χ3n) is 3.18. The van der Waals surface area contributed by atoms with Crippen molar-refractivity contribution in [2.75, 3.05) is 13.7 Å². The molecular formula is C13H16N2O5. The fourth-order valence-electron chi connectivity index (χ4n) is 2.16. The van der Waals surface area contributed by atoms with Crippen LogP contribution in [-0.4, -0.2) is 36.7 Å². The summed E-state index contributed by atoms with van der Waals surface area (Å²) >= 11 is 0. The number of carbonyl (C=O) groups excluding carboxylic acids is 1. The van der Waals surface area contributed by atoms with Gasteiger partial charge in [0, 0.05) is 19.0 Å². The van der Waals surface area contributed by atoms with E-state index in [9.17, 15) is 14.9 Å². The van der Waals surface area contributed by atoms with Crippen LogP contribution in [0.4, 0.5) is 5.69 Å². The molecule has 1 aromatic carbocycles. The molecule has 0 aromatic heterocycles. The van der Waals surface area contributed by atoms with E-state index in [2.05, 4.69) is 10.1 Å². The second kappa shape index (κ2) is 5.87. The summed E-state index contributed by atoms with van der Waals surface area (Å²) in [5, 5.41) is 14.0. The lowest BCUT2D eigenvalue weighted by Gasteiger charge is -2.13. The monoisotopic (exact) mass is 280 g/mol. The van der Waals surface area contributed by atoms with Crippen molar-refractivity contribution in [3.63, 3.8) is 0 Å². The molecule has 108 valence electrons. The molecule has 0 spiro atoms. The second-order valence-corrected chi connectivity index (χ2v) is 4.69. The maximum absolute atomic E-state index is 11.4. The molecule has 1 fully saturated rings. The highest BCUT2D eigenvalue weighted by atomic mass is 16.6. The van der Waals surface area contributed by atoms with E-state index in [1.807, 2.05) is 0 Å². The largest absolute Gasteiger partial charge is 0.482 e. The first-order valence-electron chi connectivity index (χ1n) is 6.24. The first kappa shape index (κ1) is 14.3. The number of hydrogen-bond acceptors (Lipinski definition) is 6. The zero-order valence-corrected chi connectivity index (χ0v) is 11.3. The Hall–Kier alpha value is -2.15. The number of nitrogens with one attached hydrogen (secondary N) is 1. The molecule has 0 amide bonds. The molecule has 0 aliphatic carbocycles. The van der Waals surface area contributed by atoms with Gasteiger partial charge in [0.25, 0.3) is 0 Å². The average Bonchev–Trinajstić information content (AvgIpc) is 2.88. The van der Waals surface area contributed by atoms with Crippen LogP contribution in [0.25, 0.3) is 0 Å². The molecule has 2 atom stereocenters. The number of aryl methyl sites for hydroxylation is 1. The van der Waals surface area contributed by atoms with Crippen molar-refractivity contribution in [1.82, 2.24) is 5.32 Å². The Morgan fingerprint density at radius 3 is 2.90 bits per heavy atom. The van der Waals surface area contributed by atoms with Crippen LogP contribution in [0.5, 0.6) is 5.75 Å². The minimum atomic E-state index is -0.470. The smallest absolute Gasteiger partial charge is 0.323 e. The Bertz CT molecular complexity index is 531. The van der Waals surface area contributed by atoms with Crippen LogP contribution in [0, 0.1) is 17.0 Å². The van der Waals surface area contributed by atoms with Gasteiger partial charge in [-0.05, 0) is 18.6 Å². The predicted molar refractivity (Wildman–Crippen MR) is 70.7 cm³/mol. The van der Waals surface area contributed by atoms with Crippen LogP contribution in [0.15, 0.2) is 18.2 Å². The van der Waals surface area contributed by atoms with E-state index in [4.69, 9.17) is 4.74 Å². The molecule has 1 saturated heterocycles. The maximum atomic E-state index is 11.4. The highest BCUT2D eigenvalue weighted by molar-refractivity contribution is 5.76. The van der Waals surface area contributed by atoms with Crippen LogP contribution in [0.1, 0.15) is 12.0 Å². The van der Waals surface area contributed by atoms with E-state index in [0.717, 1.165) is 5.56 Å². The zero-order valence-electron chi connectivity index (χ0n) is 11.3.